The first kappa shape index (κ1) is 11.7. The lowest BCUT2D eigenvalue weighted by atomic mass is 10.2. The minimum Gasteiger partial charge on any atom is -0.476 e. The van der Waals surface area contributed by atoms with Crippen LogP contribution in [-0.2, 0) is 4.74 Å². The minimum atomic E-state index is -0.494. The first-order valence-electron chi connectivity index (χ1n) is 3.68. The minimum absolute atomic E-state index is 0.0829. The fourth-order valence-corrected chi connectivity index (χ4v) is 1.97. The summed E-state index contributed by atoms with van der Waals surface area (Å²) in [6.07, 6.45) is 0.0829. The van der Waals surface area contributed by atoms with Gasteiger partial charge in [-0.3, -0.25) is 0 Å². The van der Waals surface area contributed by atoms with Gasteiger partial charge in [0.25, 0.3) is 0 Å². The number of hydrogen-bond acceptors (Lipinski definition) is 4. The second-order valence-corrected chi connectivity index (χ2v) is 5.37. The van der Waals surface area contributed by atoms with Crippen LogP contribution < -0.4 is 0 Å². The van der Waals surface area contributed by atoms with E-state index in [4.69, 9.17) is 22.2 Å². The molecule has 0 N–H and O–H groups in total. The van der Waals surface area contributed by atoms with Gasteiger partial charge >= 0.3 is 0 Å². The van der Waals surface area contributed by atoms with E-state index in [1.165, 1.54) is 11.8 Å². The molecular formula is C8H13NOS2. The zero-order valence-electron chi connectivity index (χ0n) is 7.75. The molecule has 0 fully saturated rings. The van der Waals surface area contributed by atoms with Crippen LogP contribution in [0.3, 0.4) is 0 Å². The lowest BCUT2D eigenvalue weighted by molar-refractivity contribution is 0.243. The molecule has 0 saturated carbocycles. The normalized spacial score (nSPS) is 11.0. The lowest BCUT2D eigenvalue weighted by Crippen LogP contribution is -2.17. The van der Waals surface area contributed by atoms with E-state index >= 15 is 0 Å². The predicted molar refractivity (Wildman–Crippen MR) is 56.1 cm³/mol. The monoisotopic (exact) mass is 203 g/mol. The fraction of sp³-hybridized carbons (Fsp3) is 0.750. The summed E-state index contributed by atoms with van der Waals surface area (Å²) < 4.78 is 5.18. The Labute approximate surface area is 83.3 Å². The molecular weight excluding hydrogens is 190 g/mol. The molecule has 12 heavy (non-hydrogen) atoms. The molecule has 0 bridgehead atoms. The van der Waals surface area contributed by atoms with E-state index in [0.717, 1.165) is 0 Å². The van der Waals surface area contributed by atoms with E-state index in [1.807, 2.05) is 27.7 Å². The van der Waals surface area contributed by atoms with Gasteiger partial charge in [-0.05, 0) is 39.9 Å². The summed E-state index contributed by atoms with van der Waals surface area (Å²) in [6.45, 7) is 7.44. The molecule has 0 amide bonds. The summed E-state index contributed by atoms with van der Waals surface area (Å²) in [5.41, 5.74) is 0. The highest BCUT2D eigenvalue weighted by Gasteiger charge is 2.21. The third-order valence-electron chi connectivity index (χ3n) is 0.940. The molecule has 0 aliphatic carbocycles. The Balaban J connectivity index is 3.95. The predicted octanol–water partition coefficient (Wildman–Crippen LogP) is 2.73. The summed E-state index contributed by atoms with van der Waals surface area (Å²) in [4.78, 5) is 0. The number of nitriles is 1. The van der Waals surface area contributed by atoms with Crippen LogP contribution in [0.25, 0.3) is 0 Å². The maximum absolute atomic E-state index is 8.69. The van der Waals surface area contributed by atoms with Crippen molar-refractivity contribution < 1.29 is 4.74 Å². The Kier molecular flexibility index (Phi) is 4.58. The van der Waals surface area contributed by atoms with Crippen molar-refractivity contribution in [2.24, 2.45) is 0 Å². The van der Waals surface area contributed by atoms with Crippen molar-refractivity contribution in [3.05, 3.63) is 0 Å². The van der Waals surface area contributed by atoms with Crippen LogP contribution in [0, 0.1) is 11.3 Å². The summed E-state index contributed by atoms with van der Waals surface area (Å²) in [7, 11) is 0. The van der Waals surface area contributed by atoms with E-state index < -0.39 is 4.75 Å². The quantitative estimate of drug-likeness (QED) is 0.646. The molecule has 0 saturated heterocycles. The summed E-state index contributed by atoms with van der Waals surface area (Å²) in [6, 6.07) is 2.14. The maximum Gasteiger partial charge on any atom is 0.221 e. The van der Waals surface area contributed by atoms with Crippen LogP contribution in [0.15, 0.2) is 0 Å². The van der Waals surface area contributed by atoms with Gasteiger partial charge in [0.2, 0.25) is 4.38 Å². The summed E-state index contributed by atoms with van der Waals surface area (Å²) >= 11 is 6.21. The van der Waals surface area contributed by atoms with Crippen LogP contribution in [-0.4, -0.2) is 15.2 Å². The molecule has 0 unspecified atom stereocenters. The highest BCUT2D eigenvalue weighted by molar-refractivity contribution is 8.23. The van der Waals surface area contributed by atoms with Crippen LogP contribution in [0.5, 0.6) is 0 Å². The second-order valence-electron chi connectivity index (χ2n) is 3.14. The van der Waals surface area contributed by atoms with Crippen LogP contribution in [0.1, 0.15) is 27.7 Å². The number of nitrogens with zero attached hydrogens (tertiary/aromatic N) is 1. The Morgan fingerprint density at radius 3 is 2.42 bits per heavy atom. The Morgan fingerprint density at radius 2 is 2.08 bits per heavy atom. The highest BCUT2D eigenvalue weighted by atomic mass is 32.2. The number of ether oxygens (including phenoxy) is 1. The van der Waals surface area contributed by atoms with E-state index in [1.54, 1.807) is 0 Å². The largest absolute Gasteiger partial charge is 0.476 e. The van der Waals surface area contributed by atoms with Crippen molar-refractivity contribution in [2.45, 2.75) is 38.5 Å². The van der Waals surface area contributed by atoms with E-state index in [2.05, 4.69) is 6.07 Å². The molecule has 68 valence electrons. The molecule has 0 aromatic carbocycles. The SMILES string of the molecule is CC(C)OC(=S)SC(C)(C)C#N. The standard InChI is InChI=1S/C8H13NOS2/c1-6(2)10-7(11)12-8(3,4)5-9/h6H,1-4H3. The van der Waals surface area contributed by atoms with Crippen molar-refractivity contribution in [1.29, 1.82) is 5.26 Å². The molecule has 2 nitrogen and oxygen atoms in total. The van der Waals surface area contributed by atoms with Gasteiger partial charge in [-0.2, -0.15) is 5.26 Å². The topological polar surface area (TPSA) is 33.0 Å². The molecule has 4 heteroatoms. The lowest BCUT2D eigenvalue weighted by Gasteiger charge is -2.16. The van der Waals surface area contributed by atoms with Crippen LogP contribution in [0.4, 0.5) is 0 Å². The van der Waals surface area contributed by atoms with Crippen molar-refractivity contribution in [2.75, 3.05) is 0 Å². The first-order valence-corrected chi connectivity index (χ1v) is 4.91. The van der Waals surface area contributed by atoms with Gasteiger partial charge in [0.05, 0.1) is 12.2 Å². The molecule has 0 heterocycles. The van der Waals surface area contributed by atoms with Crippen LogP contribution in [0.2, 0.25) is 0 Å². The van der Waals surface area contributed by atoms with Gasteiger partial charge in [-0.25, -0.2) is 0 Å². The first-order chi connectivity index (χ1) is 5.37. The molecule has 0 atom stereocenters. The number of hydrogen-bond donors (Lipinski definition) is 0. The van der Waals surface area contributed by atoms with Crippen LogP contribution >= 0.6 is 24.0 Å². The van der Waals surface area contributed by atoms with Crippen molar-refractivity contribution in [3.63, 3.8) is 0 Å². The zero-order chi connectivity index (χ0) is 9.78. The van der Waals surface area contributed by atoms with Gasteiger partial charge in [0.15, 0.2) is 0 Å². The molecule has 0 spiro atoms. The van der Waals surface area contributed by atoms with Gasteiger partial charge in [0.1, 0.15) is 4.75 Å². The molecule has 0 aromatic rings. The third kappa shape index (κ3) is 5.39. The third-order valence-corrected chi connectivity index (χ3v) is 2.15. The molecule has 0 aliphatic rings. The van der Waals surface area contributed by atoms with Gasteiger partial charge in [-0.15, -0.1) is 0 Å². The zero-order valence-corrected chi connectivity index (χ0v) is 9.38. The Morgan fingerprint density at radius 1 is 1.58 bits per heavy atom. The van der Waals surface area contributed by atoms with E-state index in [9.17, 15) is 0 Å². The summed E-state index contributed by atoms with van der Waals surface area (Å²) in [5, 5.41) is 8.69. The van der Waals surface area contributed by atoms with Crippen molar-refractivity contribution in [1.82, 2.24) is 0 Å². The molecule has 0 radical (unpaired) electrons. The van der Waals surface area contributed by atoms with E-state index in [0.29, 0.717) is 4.38 Å². The number of thioether (sulfide) groups is 1. The Hall–Kier alpha value is -0.270. The fourth-order valence-electron chi connectivity index (χ4n) is 0.448. The smallest absolute Gasteiger partial charge is 0.221 e. The second kappa shape index (κ2) is 4.68. The van der Waals surface area contributed by atoms with Gasteiger partial charge in [0, 0.05) is 0 Å². The van der Waals surface area contributed by atoms with Gasteiger partial charge < -0.3 is 4.74 Å². The van der Waals surface area contributed by atoms with Crippen molar-refractivity contribution >= 4 is 28.4 Å². The summed E-state index contributed by atoms with van der Waals surface area (Å²) in [5.74, 6) is 0. The van der Waals surface area contributed by atoms with E-state index in [-0.39, 0.29) is 6.10 Å². The molecule has 0 aliphatic heterocycles. The highest BCUT2D eigenvalue weighted by Crippen LogP contribution is 2.25. The number of rotatable bonds is 2. The average Bonchev–Trinajstić information content (AvgIpc) is 1.84. The average molecular weight is 203 g/mol. The molecule has 0 aromatic heterocycles. The maximum atomic E-state index is 8.69. The molecule has 0 rings (SSSR count). The van der Waals surface area contributed by atoms with Gasteiger partial charge in [-0.1, -0.05) is 11.8 Å². The number of thiocarbonyl (C=S) groups is 1. The van der Waals surface area contributed by atoms with Crippen molar-refractivity contribution in [3.8, 4) is 6.07 Å². The Bertz CT molecular complexity index is 206.